The lowest BCUT2D eigenvalue weighted by atomic mass is 10.2. The van der Waals surface area contributed by atoms with Crippen LogP contribution in [-0.4, -0.2) is 16.9 Å². The number of alkyl halides is 1. The van der Waals surface area contributed by atoms with Crippen molar-refractivity contribution in [2.24, 2.45) is 7.05 Å². The molecule has 1 heterocycles. The van der Waals surface area contributed by atoms with Crippen LogP contribution < -0.4 is 9.47 Å². The molecule has 20 heavy (non-hydrogen) atoms. The summed E-state index contributed by atoms with van der Waals surface area (Å²) in [7, 11) is 3.49. The van der Waals surface area contributed by atoms with Gasteiger partial charge in [-0.3, -0.25) is 4.68 Å². The SMILES string of the molecule is COc1ccc(CBr)c(OCc2c(Cl)c(C)nn2C)c1. The van der Waals surface area contributed by atoms with Crippen molar-refractivity contribution < 1.29 is 9.47 Å². The van der Waals surface area contributed by atoms with E-state index in [0.29, 0.717) is 17.0 Å². The van der Waals surface area contributed by atoms with Gasteiger partial charge in [0.1, 0.15) is 18.1 Å². The smallest absolute Gasteiger partial charge is 0.131 e. The molecule has 0 bridgehead atoms. The molecule has 0 radical (unpaired) electrons. The second-order valence-electron chi connectivity index (χ2n) is 4.37. The monoisotopic (exact) mass is 358 g/mol. The zero-order valence-electron chi connectivity index (χ0n) is 11.6. The molecule has 108 valence electrons. The molecular weight excluding hydrogens is 344 g/mol. The Labute approximate surface area is 131 Å². The lowest BCUT2D eigenvalue weighted by molar-refractivity contribution is 0.290. The molecule has 0 spiro atoms. The molecule has 0 saturated heterocycles. The normalized spacial score (nSPS) is 10.7. The van der Waals surface area contributed by atoms with Gasteiger partial charge in [-0.1, -0.05) is 33.6 Å². The van der Waals surface area contributed by atoms with E-state index in [1.807, 2.05) is 32.2 Å². The van der Waals surface area contributed by atoms with Gasteiger partial charge in [0.05, 0.1) is 23.5 Å². The number of methoxy groups -OCH3 is 1. The molecule has 0 atom stereocenters. The van der Waals surface area contributed by atoms with E-state index in [0.717, 1.165) is 28.5 Å². The topological polar surface area (TPSA) is 36.3 Å². The number of nitrogens with zero attached hydrogens (tertiary/aromatic N) is 2. The number of aromatic nitrogens is 2. The summed E-state index contributed by atoms with van der Waals surface area (Å²) in [5.41, 5.74) is 2.72. The third kappa shape index (κ3) is 3.10. The Morgan fingerprint density at radius 3 is 2.70 bits per heavy atom. The van der Waals surface area contributed by atoms with Gasteiger partial charge in [0, 0.05) is 24.0 Å². The molecule has 0 aliphatic heterocycles. The van der Waals surface area contributed by atoms with Crippen LogP contribution >= 0.6 is 27.5 Å². The first-order valence-corrected chi connectivity index (χ1v) is 7.60. The molecule has 0 aliphatic rings. The van der Waals surface area contributed by atoms with E-state index < -0.39 is 0 Å². The number of hydrogen-bond donors (Lipinski definition) is 0. The number of hydrogen-bond acceptors (Lipinski definition) is 3. The van der Waals surface area contributed by atoms with Crippen LogP contribution in [0.2, 0.25) is 5.02 Å². The molecule has 0 N–H and O–H groups in total. The van der Waals surface area contributed by atoms with Crippen molar-refractivity contribution in [2.45, 2.75) is 18.9 Å². The van der Waals surface area contributed by atoms with Crippen LogP contribution in [0.15, 0.2) is 18.2 Å². The third-order valence-corrected chi connectivity index (χ3v) is 4.14. The van der Waals surface area contributed by atoms with E-state index in [1.54, 1.807) is 11.8 Å². The molecule has 4 nitrogen and oxygen atoms in total. The highest BCUT2D eigenvalue weighted by atomic mass is 79.9. The Bertz CT molecular complexity index is 613. The maximum absolute atomic E-state index is 6.22. The van der Waals surface area contributed by atoms with Gasteiger partial charge in [-0.15, -0.1) is 0 Å². The van der Waals surface area contributed by atoms with E-state index in [4.69, 9.17) is 21.1 Å². The molecule has 2 aromatic rings. The summed E-state index contributed by atoms with van der Waals surface area (Å²) in [6, 6.07) is 5.75. The molecule has 2 rings (SSSR count). The zero-order valence-corrected chi connectivity index (χ0v) is 14.0. The maximum atomic E-state index is 6.22. The van der Waals surface area contributed by atoms with E-state index >= 15 is 0 Å². The number of rotatable bonds is 5. The van der Waals surface area contributed by atoms with Gasteiger partial charge in [-0.2, -0.15) is 5.10 Å². The van der Waals surface area contributed by atoms with E-state index in [-0.39, 0.29) is 0 Å². The molecule has 0 amide bonds. The lowest BCUT2D eigenvalue weighted by Crippen LogP contribution is -2.04. The van der Waals surface area contributed by atoms with E-state index in [9.17, 15) is 0 Å². The Kier molecular flexibility index (Phi) is 4.94. The second-order valence-corrected chi connectivity index (χ2v) is 5.30. The van der Waals surface area contributed by atoms with Crippen molar-refractivity contribution in [1.82, 2.24) is 9.78 Å². The fourth-order valence-electron chi connectivity index (χ4n) is 1.89. The van der Waals surface area contributed by atoms with Crippen LogP contribution in [0.3, 0.4) is 0 Å². The van der Waals surface area contributed by atoms with E-state index in [1.165, 1.54) is 0 Å². The maximum Gasteiger partial charge on any atom is 0.131 e. The lowest BCUT2D eigenvalue weighted by Gasteiger charge is -2.12. The van der Waals surface area contributed by atoms with Gasteiger partial charge >= 0.3 is 0 Å². The van der Waals surface area contributed by atoms with Crippen LogP contribution in [0.4, 0.5) is 0 Å². The highest BCUT2D eigenvalue weighted by molar-refractivity contribution is 9.08. The van der Waals surface area contributed by atoms with Gasteiger partial charge in [-0.05, 0) is 13.0 Å². The number of aryl methyl sites for hydroxylation is 2. The molecule has 0 saturated carbocycles. The van der Waals surface area contributed by atoms with Gasteiger partial charge in [-0.25, -0.2) is 0 Å². The largest absolute Gasteiger partial charge is 0.497 e. The quantitative estimate of drug-likeness (QED) is 0.761. The first kappa shape index (κ1) is 15.2. The molecule has 1 aromatic carbocycles. The van der Waals surface area contributed by atoms with Gasteiger partial charge in [0.15, 0.2) is 0 Å². The Morgan fingerprint density at radius 1 is 1.40 bits per heavy atom. The first-order chi connectivity index (χ1) is 9.56. The predicted octanol–water partition coefficient (Wildman–Crippen LogP) is 3.86. The van der Waals surface area contributed by atoms with Gasteiger partial charge in [0.2, 0.25) is 0 Å². The number of halogens is 2. The van der Waals surface area contributed by atoms with Crippen molar-refractivity contribution in [1.29, 1.82) is 0 Å². The molecular formula is C14H16BrClN2O2. The number of ether oxygens (including phenoxy) is 2. The van der Waals surface area contributed by atoms with Crippen LogP contribution in [0.25, 0.3) is 0 Å². The average Bonchev–Trinajstić information content (AvgIpc) is 2.70. The standard InChI is InChI=1S/C14H16BrClN2O2/c1-9-14(16)12(18(2)17-9)8-20-13-6-11(19-3)5-4-10(13)7-15/h4-6H,7-8H2,1-3H3. The highest BCUT2D eigenvalue weighted by Crippen LogP contribution is 2.28. The van der Waals surface area contributed by atoms with Crippen molar-refractivity contribution >= 4 is 27.5 Å². The summed E-state index contributed by atoms with van der Waals surface area (Å²) in [5, 5.41) is 5.63. The molecule has 1 aromatic heterocycles. The average molecular weight is 360 g/mol. The number of benzene rings is 1. The zero-order chi connectivity index (χ0) is 14.7. The van der Waals surface area contributed by atoms with Crippen LogP contribution in [0, 0.1) is 6.92 Å². The third-order valence-electron chi connectivity index (χ3n) is 3.04. The summed E-state index contributed by atoms with van der Waals surface area (Å²) in [6.07, 6.45) is 0. The minimum Gasteiger partial charge on any atom is -0.497 e. The van der Waals surface area contributed by atoms with Crippen molar-refractivity contribution in [3.8, 4) is 11.5 Å². The van der Waals surface area contributed by atoms with Crippen LogP contribution in [0.5, 0.6) is 11.5 Å². The second kappa shape index (κ2) is 6.50. The Balaban J connectivity index is 2.21. The molecule has 0 fully saturated rings. The first-order valence-electron chi connectivity index (χ1n) is 6.10. The van der Waals surface area contributed by atoms with Crippen molar-refractivity contribution in [3.05, 3.63) is 40.2 Å². The summed E-state index contributed by atoms with van der Waals surface area (Å²) < 4.78 is 12.8. The van der Waals surface area contributed by atoms with Crippen molar-refractivity contribution in [2.75, 3.05) is 7.11 Å². The Hall–Kier alpha value is -1.20. The molecule has 6 heteroatoms. The minimum absolute atomic E-state index is 0.364. The van der Waals surface area contributed by atoms with E-state index in [2.05, 4.69) is 21.0 Å². The van der Waals surface area contributed by atoms with Gasteiger partial charge in [0.25, 0.3) is 0 Å². The summed E-state index contributed by atoms with van der Waals surface area (Å²) in [4.78, 5) is 0. The van der Waals surface area contributed by atoms with Gasteiger partial charge < -0.3 is 9.47 Å². The molecule has 0 unspecified atom stereocenters. The molecule has 0 aliphatic carbocycles. The summed E-state index contributed by atoms with van der Waals surface area (Å²) in [5.74, 6) is 1.54. The predicted molar refractivity (Wildman–Crippen MR) is 82.9 cm³/mol. The van der Waals surface area contributed by atoms with Crippen molar-refractivity contribution in [3.63, 3.8) is 0 Å². The Morgan fingerprint density at radius 2 is 2.15 bits per heavy atom. The fourth-order valence-corrected chi connectivity index (χ4v) is 2.57. The highest BCUT2D eigenvalue weighted by Gasteiger charge is 2.13. The fraction of sp³-hybridized carbons (Fsp3) is 0.357. The van der Waals surface area contributed by atoms with Crippen LogP contribution in [-0.2, 0) is 19.0 Å². The minimum atomic E-state index is 0.364. The summed E-state index contributed by atoms with van der Waals surface area (Å²) in [6.45, 7) is 2.24. The summed E-state index contributed by atoms with van der Waals surface area (Å²) >= 11 is 9.66. The van der Waals surface area contributed by atoms with Crippen LogP contribution in [0.1, 0.15) is 17.0 Å².